The minimum atomic E-state index is -0.767. The lowest BCUT2D eigenvalue weighted by atomic mass is 10.0. The molecule has 0 saturated carbocycles. The summed E-state index contributed by atoms with van der Waals surface area (Å²) >= 11 is 0. The molecule has 0 aromatic rings. The summed E-state index contributed by atoms with van der Waals surface area (Å²) in [6, 6.07) is 0. The third-order valence-corrected chi connectivity index (χ3v) is 15.7. The van der Waals surface area contributed by atoms with Crippen LogP contribution in [0.5, 0.6) is 0 Å². The van der Waals surface area contributed by atoms with Crippen molar-refractivity contribution in [2.45, 2.75) is 393 Å². The second-order valence-electron chi connectivity index (χ2n) is 23.4. The second kappa shape index (κ2) is 65.4. The van der Waals surface area contributed by atoms with Crippen molar-refractivity contribution in [3.63, 3.8) is 0 Å². The van der Waals surface area contributed by atoms with Gasteiger partial charge in [0.1, 0.15) is 13.2 Å². The number of carbonyl (C=O) groups excluding carboxylic acids is 3. The molecule has 1 unspecified atom stereocenters. The first kappa shape index (κ1) is 73.9. The fourth-order valence-corrected chi connectivity index (χ4v) is 10.5. The highest BCUT2D eigenvalue weighted by molar-refractivity contribution is 5.71. The van der Waals surface area contributed by atoms with Gasteiger partial charge in [0, 0.05) is 19.3 Å². The van der Waals surface area contributed by atoms with Crippen molar-refractivity contribution in [3.8, 4) is 0 Å². The van der Waals surface area contributed by atoms with Crippen LogP contribution in [0.2, 0.25) is 0 Å². The van der Waals surface area contributed by atoms with Gasteiger partial charge < -0.3 is 14.2 Å². The molecule has 0 bridgehead atoms. The van der Waals surface area contributed by atoms with E-state index in [9.17, 15) is 14.4 Å². The van der Waals surface area contributed by atoms with E-state index in [1.54, 1.807) is 0 Å². The van der Waals surface area contributed by atoms with Crippen molar-refractivity contribution >= 4 is 17.9 Å². The van der Waals surface area contributed by atoms with E-state index in [0.29, 0.717) is 19.3 Å². The Balaban J connectivity index is 4.09. The summed E-state index contributed by atoms with van der Waals surface area (Å²) in [5.74, 6) is -0.844. The van der Waals surface area contributed by atoms with Gasteiger partial charge in [0.05, 0.1) is 0 Å². The number of esters is 3. The SMILES string of the molecule is CCCCCCCCCC/C=C\CCCCCCCCCCCCCCCC(=O)OCC(COC(=O)CCCCCCCCCC)OC(=O)CCCCCCCCCCCCCCC/C=C\CCCCCCCCCC. The van der Waals surface area contributed by atoms with E-state index in [-0.39, 0.29) is 31.1 Å². The van der Waals surface area contributed by atoms with E-state index in [2.05, 4.69) is 45.1 Å². The average Bonchev–Trinajstić information content (AvgIpc) is 3.42. The molecule has 0 aliphatic carbocycles. The Bertz CT molecular complexity index is 1230. The zero-order valence-electron chi connectivity index (χ0n) is 51.6. The molecule has 0 N–H and O–H groups in total. The monoisotopic (exact) mass is 1070 g/mol. The van der Waals surface area contributed by atoms with Crippen molar-refractivity contribution in [1.29, 1.82) is 0 Å². The molecule has 0 amide bonds. The number of rotatable bonds is 64. The van der Waals surface area contributed by atoms with Crippen molar-refractivity contribution in [2.75, 3.05) is 13.2 Å². The maximum atomic E-state index is 12.9. The lowest BCUT2D eigenvalue weighted by Gasteiger charge is -2.18. The van der Waals surface area contributed by atoms with Gasteiger partial charge in [-0.3, -0.25) is 14.4 Å². The van der Waals surface area contributed by atoms with Crippen LogP contribution in [0, 0.1) is 0 Å². The molecule has 0 radical (unpaired) electrons. The maximum absolute atomic E-state index is 12.9. The van der Waals surface area contributed by atoms with E-state index in [1.807, 2.05) is 0 Å². The van der Waals surface area contributed by atoms with E-state index in [4.69, 9.17) is 14.2 Å². The third kappa shape index (κ3) is 62.7. The van der Waals surface area contributed by atoms with Crippen LogP contribution in [0.15, 0.2) is 24.3 Å². The minimum Gasteiger partial charge on any atom is -0.462 e. The van der Waals surface area contributed by atoms with Crippen LogP contribution in [-0.4, -0.2) is 37.2 Å². The fraction of sp³-hybridized carbons (Fsp3) is 0.900. The van der Waals surface area contributed by atoms with E-state index in [0.717, 1.165) is 57.8 Å². The Morgan fingerprint density at radius 3 is 0.658 bits per heavy atom. The van der Waals surface area contributed by atoms with Crippen molar-refractivity contribution in [3.05, 3.63) is 24.3 Å². The summed E-state index contributed by atoms with van der Waals surface area (Å²) in [6.45, 7) is 6.68. The molecule has 6 heteroatoms. The summed E-state index contributed by atoms with van der Waals surface area (Å²) in [6.07, 6.45) is 79.4. The van der Waals surface area contributed by atoms with Gasteiger partial charge in [0.25, 0.3) is 0 Å². The fourth-order valence-electron chi connectivity index (χ4n) is 10.5. The van der Waals surface area contributed by atoms with E-state index in [1.165, 1.54) is 289 Å². The van der Waals surface area contributed by atoms with Crippen LogP contribution < -0.4 is 0 Å². The molecule has 0 saturated heterocycles. The van der Waals surface area contributed by atoms with Gasteiger partial charge in [-0.2, -0.15) is 0 Å². The molecule has 0 aliphatic heterocycles. The molecular weight excluding hydrogens is 937 g/mol. The first-order valence-corrected chi connectivity index (χ1v) is 34.3. The Morgan fingerprint density at radius 1 is 0.250 bits per heavy atom. The van der Waals surface area contributed by atoms with Crippen molar-refractivity contribution in [1.82, 2.24) is 0 Å². The van der Waals surface area contributed by atoms with Crippen LogP contribution in [-0.2, 0) is 28.6 Å². The predicted molar refractivity (Wildman–Crippen MR) is 330 cm³/mol. The van der Waals surface area contributed by atoms with Gasteiger partial charge in [-0.15, -0.1) is 0 Å². The first-order valence-electron chi connectivity index (χ1n) is 34.3. The van der Waals surface area contributed by atoms with Crippen molar-refractivity contribution < 1.29 is 28.6 Å². The molecule has 0 rings (SSSR count). The summed E-state index contributed by atoms with van der Waals surface area (Å²) in [7, 11) is 0. The number of ether oxygens (including phenoxy) is 3. The second-order valence-corrected chi connectivity index (χ2v) is 23.4. The lowest BCUT2D eigenvalue weighted by molar-refractivity contribution is -0.167. The molecular formula is C70H132O6. The lowest BCUT2D eigenvalue weighted by Crippen LogP contribution is -2.30. The number of allylic oxidation sites excluding steroid dienone is 4. The predicted octanol–water partition coefficient (Wildman–Crippen LogP) is 23.4. The highest BCUT2D eigenvalue weighted by Gasteiger charge is 2.19. The molecule has 1 atom stereocenters. The van der Waals surface area contributed by atoms with Crippen LogP contribution in [0.4, 0.5) is 0 Å². The van der Waals surface area contributed by atoms with Gasteiger partial charge in [-0.1, -0.05) is 321 Å². The summed E-state index contributed by atoms with van der Waals surface area (Å²) in [5, 5.41) is 0. The Morgan fingerprint density at radius 2 is 0.434 bits per heavy atom. The van der Waals surface area contributed by atoms with Gasteiger partial charge in [-0.05, 0) is 70.6 Å². The first-order chi connectivity index (χ1) is 37.5. The van der Waals surface area contributed by atoms with Gasteiger partial charge in [0.15, 0.2) is 6.10 Å². The number of hydrogen-bond acceptors (Lipinski definition) is 6. The smallest absolute Gasteiger partial charge is 0.306 e. The quantitative estimate of drug-likeness (QED) is 0.0261. The molecule has 6 nitrogen and oxygen atoms in total. The number of carbonyl (C=O) groups is 3. The minimum absolute atomic E-state index is 0.0660. The molecule has 0 aromatic carbocycles. The van der Waals surface area contributed by atoms with Gasteiger partial charge in [0.2, 0.25) is 0 Å². The molecule has 0 fully saturated rings. The van der Waals surface area contributed by atoms with Crippen LogP contribution in [0.25, 0.3) is 0 Å². The Kier molecular flexibility index (Phi) is 63.6. The topological polar surface area (TPSA) is 78.9 Å². The van der Waals surface area contributed by atoms with Gasteiger partial charge >= 0.3 is 17.9 Å². The molecule has 76 heavy (non-hydrogen) atoms. The zero-order chi connectivity index (χ0) is 55.0. The highest BCUT2D eigenvalue weighted by atomic mass is 16.6. The van der Waals surface area contributed by atoms with Crippen LogP contribution in [0.3, 0.4) is 0 Å². The Labute approximate surface area is 474 Å². The maximum Gasteiger partial charge on any atom is 0.306 e. The zero-order valence-corrected chi connectivity index (χ0v) is 51.6. The van der Waals surface area contributed by atoms with E-state index < -0.39 is 6.10 Å². The summed E-state index contributed by atoms with van der Waals surface area (Å²) in [5.41, 5.74) is 0. The normalized spacial score (nSPS) is 12.1. The third-order valence-electron chi connectivity index (χ3n) is 15.7. The summed E-state index contributed by atoms with van der Waals surface area (Å²) < 4.78 is 16.9. The highest BCUT2D eigenvalue weighted by Crippen LogP contribution is 2.18. The van der Waals surface area contributed by atoms with Crippen LogP contribution in [0.1, 0.15) is 387 Å². The van der Waals surface area contributed by atoms with Crippen LogP contribution >= 0.6 is 0 Å². The molecule has 0 aliphatic rings. The number of unbranched alkanes of at least 4 members (excludes halogenated alkanes) is 49. The standard InChI is InChI=1S/C70H132O6/c1-4-7-10-13-16-19-21-23-25-27-29-31-33-35-37-39-41-43-45-47-49-51-54-57-60-63-69(72)75-66-67(65-74-68(71)62-59-56-53-18-15-12-9-6-3)76-70(73)64-61-58-55-52-50-48-46-44-42-40-38-36-34-32-30-28-26-24-22-20-17-14-11-8-5-2/h27-30,67H,4-26,31-66H2,1-3H3/b29-27-,30-28-. The Hall–Kier alpha value is -2.11. The van der Waals surface area contributed by atoms with E-state index >= 15 is 0 Å². The largest absolute Gasteiger partial charge is 0.462 e. The number of hydrogen-bond donors (Lipinski definition) is 0. The summed E-state index contributed by atoms with van der Waals surface area (Å²) in [4.78, 5) is 38.2. The van der Waals surface area contributed by atoms with Gasteiger partial charge in [-0.25, -0.2) is 0 Å². The van der Waals surface area contributed by atoms with Crippen molar-refractivity contribution in [2.24, 2.45) is 0 Å². The molecule has 448 valence electrons. The molecule has 0 aromatic heterocycles. The molecule has 0 heterocycles. The average molecular weight is 1070 g/mol. The molecule has 0 spiro atoms.